The first-order valence-electron chi connectivity index (χ1n) is 8.93. The molecule has 28 heavy (non-hydrogen) atoms. The van der Waals surface area contributed by atoms with Gasteiger partial charge >= 0.3 is 0 Å². The zero-order valence-corrected chi connectivity index (χ0v) is 17.0. The van der Waals surface area contributed by atoms with Crippen molar-refractivity contribution < 1.29 is 9.47 Å². The number of methoxy groups -OCH3 is 2. The summed E-state index contributed by atoms with van der Waals surface area (Å²) in [4.78, 5) is 0. The molecule has 3 aromatic rings. The lowest BCUT2D eigenvalue weighted by atomic mass is 10.1. The van der Waals surface area contributed by atoms with Gasteiger partial charge in [-0.3, -0.25) is 0 Å². The molecule has 144 valence electrons. The van der Waals surface area contributed by atoms with Gasteiger partial charge in [0, 0.05) is 18.7 Å². The number of hydrogen-bond donors (Lipinski definition) is 0. The van der Waals surface area contributed by atoms with E-state index in [1.54, 1.807) is 26.0 Å². The van der Waals surface area contributed by atoms with Crippen LogP contribution in [0.25, 0.3) is 0 Å². The summed E-state index contributed by atoms with van der Waals surface area (Å²) in [5, 5.41) is 18.9. The molecule has 6 nitrogen and oxygen atoms in total. The van der Waals surface area contributed by atoms with Gasteiger partial charge in [0.05, 0.1) is 25.9 Å². The molecule has 0 radical (unpaired) electrons. The minimum atomic E-state index is 0.649. The molecule has 0 unspecified atom stereocenters. The number of aromatic nitrogens is 3. The van der Waals surface area contributed by atoms with Crippen molar-refractivity contribution in [1.29, 1.82) is 5.26 Å². The van der Waals surface area contributed by atoms with Crippen LogP contribution in [0.15, 0.2) is 47.6 Å². The average molecular weight is 395 g/mol. The molecule has 0 amide bonds. The summed E-state index contributed by atoms with van der Waals surface area (Å²) in [6, 6.07) is 15.7. The van der Waals surface area contributed by atoms with Gasteiger partial charge in [-0.05, 0) is 36.2 Å². The third-order valence-electron chi connectivity index (χ3n) is 4.41. The molecule has 3 rings (SSSR count). The summed E-state index contributed by atoms with van der Waals surface area (Å²) in [5.41, 5.74) is 2.77. The molecule has 0 spiro atoms. The summed E-state index contributed by atoms with van der Waals surface area (Å²) >= 11 is 1.59. The molecule has 0 aliphatic rings. The van der Waals surface area contributed by atoms with Gasteiger partial charge in [0.1, 0.15) is 5.82 Å². The molecule has 0 aliphatic heterocycles. The maximum absolute atomic E-state index is 9.25. The Morgan fingerprint density at radius 3 is 2.57 bits per heavy atom. The molecule has 0 atom stereocenters. The first-order chi connectivity index (χ1) is 13.7. The zero-order valence-electron chi connectivity index (χ0n) is 16.2. The minimum absolute atomic E-state index is 0.649. The second kappa shape index (κ2) is 9.29. The topological polar surface area (TPSA) is 73.0 Å². The van der Waals surface area contributed by atoms with Crippen molar-refractivity contribution in [1.82, 2.24) is 14.8 Å². The van der Waals surface area contributed by atoms with E-state index < -0.39 is 0 Å². The van der Waals surface area contributed by atoms with Crippen molar-refractivity contribution in [3.63, 3.8) is 0 Å². The van der Waals surface area contributed by atoms with E-state index >= 15 is 0 Å². The van der Waals surface area contributed by atoms with Crippen LogP contribution in [0, 0.1) is 11.3 Å². The second-order valence-corrected chi connectivity index (χ2v) is 7.01. The number of hydrogen-bond acceptors (Lipinski definition) is 6. The smallest absolute Gasteiger partial charge is 0.191 e. The Bertz CT molecular complexity index is 994. The number of benzene rings is 2. The minimum Gasteiger partial charge on any atom is -0.493 e. The average Bonchev–Trinajstić information content (AvgIpc) is 3.13. The van der Waals surface area contributed by atoms with E-state index in [4.69, 9.17) is 9.47 Å². The third-order valence-corrected chi connectivity index (χ3v) is 5.43. The van der Waals surface area contributed by atoms with Crippen LogP contribution in [0.3, 0.4) is 0 Å². The molecule has 0 N–H and O–H groups in total. The quantitative estimate of drug-likeness (QED) is 0.536. The molecule has 0 fully saturated rings. The SMILES string of the molecule is CCn1c(Cc2ccc(OC)c(OC)c2)nnc1SCc1ccccc1C#N. The largest absolute Gasteiger partial charge is 0.493 e. The monoisotopic (exact) mass is 394 g/mol. The van der Waals surface area contributed by atoms with Gasteiger partial charge in [-0.15, -0.1) is 10.2 Å². The van der Waals surface area contributed by atoms with Crippen molar-refractivity contribution in [3.05, 3.63) is 65.0 Å². The highest BCUT2D eigenvalue weighted by molar-refractivity contribution is 7.98. The van der Waals surface area contributed by atoms with Crippen molar-refractivity contribution >= 4 is 11.8 Å². The third kappa shape index (κ3) is 4.29. The number of ether oxygens (including phenoxy) is 2. The van der Waals surface area contributed by atoms with Crippen molar-refractivity contribution in [3.8, 4) is 17.6 Å². The van der Waals surface area contributed by atoms with E-state index in [0.717, 1.165) is 28.7 Å². The Morgan fingerprint density at radius 1 is 1.07 bits per heavy atom. The highest BCUT2D eigenvalue weighted by atomic mass is 32.2. The Hall–Kier alpha value is -2.98. The summed E-state index contributed by atoms with van der Waals surface area (Å²) in [5.74, 6) is 2.98. The first-order valence-corrected chi connectivity index (χ1v) is 9.92. The molecule has 7 heteroatoms. The van der Waals surface area contributed by atoms with E-state index in [2.05, 4.69) is 27.8 Å². The van der Waals surface area contributed by atoms with Crippen LogP contribution < -0.4 is 9.47 Å². The Morgan fingerprint density at radius 2 is 1.86 bits per heavy atom. The van der Waals surface area contributed by atoms with E-state index in [9.17, 15) is 5.26 Å². The Labute approximate surface area is 169 Å². The molecule has 0 aliphatic carbocycles. The molecule has 0 saturated heterocycles. The predicted molar refractivity (Wildman–Crippen MR) is 109 cm³/mol. The second-order valence-electron chi connectivity index (χ2n) is 6.07. The number of nitriles is 1. The van der Waals surface area contributed by atoms with E-state index in [-0.39, 0.29) is 0 Å². The Balaban J connectivity index is 1.78. The molecule has 1 heterocycles. The van der Waals surface area contributed by atoms with Crippen LogP contribution in [-0.4, -0.2) is 29.0 Å². The highest BCUT2D eigenvalue weighted by Gasteiger charge is 2.14. The predicted octanol–water partition coefficient (Wildman–Crippen LogP) is 4.07. The fraction of sp³-hybridized carbons (Fsp3) is 0.286. The van der Waals surface area contributed by atoms with Crippen LogP contribution in [0.2, 0.25) is 0 Å². The molecule has 1 aromatic heterocycles. The lowest BCUT2D eigenvalue weighted by molar-refractivity contribution is 0.354. The van der Waals surface area contributed by atoms with Crippen molar-refractivity contribution in [2.24, 2.45) is 0 Å². The maximum Gasteiger partial charge on any atom is 0.191 e. The zero-order chi connectivity index (χ0) is 19.9. The van der Waals surface area contributed by atoms with Gasteiger partial charge in [-0.1, -0.05) is 36.0 Å². The number of nitrogens with zero attached hydrogens (tertiary/aromatic N) is 4. The van der Waals surface area contributed by atoms with Crippen LogP contribution >= 0.6 is 11.8 Å². The van der Waals surface area contributed by atoms with E-state index in [1.807, 2.05) is 42.5 Å². The van der Waals surface area contributed by atoms with Crippen molar-refractivity contribution in [2.45, 2.75) is 30.8 Å². The fourth-order valence-electron chi connectivity index (χ4n) is 2.94. The van der Waals surface area contributed by atoms with Crippen molar-refractivity contribution in [2.75, 3.05) is 14.2 Å². The highest BCUT2D eigenvalue weighted by Crippen LogP contribution is 2.29. The fourth-order valence-corrected chi connectivity index (χ4v) is 3.97. The molecular formula is C21H22N4O2S. The molecule has 0 bridgehead atoms. The van der Waals surface area contributed by atoms with Crippen LogP contribution in [0.4, 0.5) is 0 Å². The standard InChI is InChI=1S/C21H22N4O2S/c1-4-25-20(12-15-9-10-18(26-2)19(11-15)27-3)23-24-21(25)28-14-17-8-6-5-7-16(17)13-22/h5-11H,4,12,14H2,1-3H3. The summed E-state index contributed by atoms with van der Waals surface area (Å²) in [7, 11) is 3.25. The van der Waals surface area contributed by atoms with E-state index in [1.165, 1.54) is 0 Å². The molecular weight excluding hydrogens is 372 g/mol. The lowest BCUT2D eigenvalue weighted by Crippen LogP contribution is -2.04. The van der Waals surface area contributed by atoms with Gasteiger partial charge in [0.15, 0.2) is 16.7 Å². The summed E-state index contributed by atoms with van der Waals surface area (Å²) in [6.45, 7) is 2.85. The Kier molecular flexibility index (Phi) is 6.56. The lowest BCUT2D eigenvalue weighted by Gasteiger charge is -2.10. The van der Waals surface area contributed by atoms with Crippen LogP contribution in [0.5, 0.6) is 11.5 Å². The summed E-state index contributed by atoms with van der Waals surface area (Å²) in [6.07, 6.45) is 0.649. The first kappa shape index (κ1) is 19.8. The van der Waals surface area contributed by atoms with Crippen LogP contribution in [0.1, 0.15) is 29.4 Å². The maximum atomic E-state index is 9.25. The van der Waals surface area contributed by atoms with E-state index in [0.29, 0.717) is 29.2 Å². The van der Waals surface area contributed by atoms with Gasteiger partial charge in [0.25, 0.3) is 0 Å². The van der Waals surface area contributed by atoms with Gasteiger partial charge in [0.2, 0.25) is 0 Å². The number of rotatable bonds is 8. The van der Waals surface area contributed by atoms with Gasteiger partial charge < -0.3 is 14.0 Å². The summed E-state index contributed by atoms with van der Waals surface area (Å²) < 4.78 is 12.8. The molecule has 2 aromatic carbocycles. The van der Waals surface area contributed by atoms with Gasteiger partial charge in [-0.25, -0.2) is 0 Å². The van der Waals surface area contributed by atoms with Gasteiger partial charge in [-0.2, -0.15) is 5.26 Å². The normalized spacial score (nSPS) is 10.5. The number of thioether (sulfide) groups is 1. The van der Waals surface area contributed by atoms with Crippen LogP contribution in [-0.2, 0) is 18.7 Å². The molecule has 0 saturated carbocycles.